The number of aliphatic hydroxyl groups is 1. The highest BCUT2D eigenvalue weighted by Gasteiger charge is 2.45. The van der Waals surface area contributed by atoms with Crippen molar-refractivity contribution in [3.63, 3.8) is 0 Å². The van der Waals surface area contributed by atoms with Crippen molar-refractivity contribution in [1.82, 2.24) is 9.80 Å². The van der Waals surface area contributed by atoms with Crippen molar-refractivity contribution in [2.45, 2.75) is 51.6 Å². The molecule has 2 fully saturated rings. The van der Waals surface area contributed by atoms with Gasteiger partial charge in [0.2, 0.25) is 11.8 Å². The van der Waals surface area contributed by atoms with Gasteiger partial charge in [-0.3, -0.25) is 19.2 Å². The van der Waals surface area contributed by atoms with Crippen molar-refractivity contribution in [1.29, 1.82) is 0 Å². The van der Waals surface area contributed by atoms with E-state index in [9.17, 15) is 19.2 Å². The van der Waals surface area contributed by atoms with E-state index in [4.69, 9.17) is 16.7 Å². The number of hydrogen-bond acceptors (Lipinski definition) is 5. The Morgan fingerprint density at radius 3 is 1.41 bits per heavy atom. The highest BCUT2D eigenvalue weighted by atomic mass is 35.5. The zero-order valence-corrected chi connectivity index (χ0v) is 13.9. The maximum absolute atomic E-state index is 11.2. The fourth-order valence-electron chi connectivity index (χ4n) is 2.29. The summed E-state index contributed by atoms with van der Waals surface area (Å²) < 4.78 is 0. The summed E-state index contributed by atoms with van der Waals surface area (Å²) in [5, 5.41) is 8.74. The highest BCUT2D eigenvalue weighted by Crippen LogP contribution is 2.26. The van der Waals surface area contributed by atoms with Crippen LogP contribution in [0.25, 0.3) is 0 Å². The van der Waals surface area contributed by atoms with Gasteiger partial charge in [-0.1, -0.05) is 0 Å². The molecule has 0 aromatic carbocycles. The number of amides is 2. The second kappa shape index (κ2) is 6.34. The molecule has 0 aliphatic carbocycles. The third-order valence-electron chi connectivity index (χ3n) is 4.20. The maximum atomic E-state index is 11.2. The second-order valence-electron chi connectivity index (χ2n) is 6.22. The third-order valence-corrected chi connectivity index (χ3v) is 4.44. The van der Waals surface area contributed by atoms with Crippen LogP contribution in [0, 0.1) is 0 Å². The zero-order valence-electron chi connectivity index (χ0n) is 13.2. The standard InChI is InChI=1S/C7H10ClNO2.C7H11NO3/c1-7(2)5(10)3-6(11)9(7)4-8;1-7(2)5(10)3-6(11)8(7)4-9/h3-4H2,1-2H3;9H,3-4H2,1-2H3. The molecule has 8 heteroatoms. The van der Waals surface area contributed by atoms with Crippen LogP contribution in [0.2, 0.25) is 0 Å². The van der Waals surface area contributed by atoms with E-state index in [1.165, 1.54) is 9.80 Å². The van der Waals surface area contributed by atoms with Crippen LogP contribution in [0.3, 0.4) is 0 Å². The summed E-state index contributed by atoms with van der Waals surface area (Å²) in [5.41, 5.74) is -1.51. The summed E-state index contributed by atoms with van der Waals surface area (Å²) in [6.07, 6.45) is -0.0761. The number of Topliss-reactive ketones (excluding diaryl/α,β-unsaturated/α-hetero) is 2. The van der Waals surface area contributed by atoms with Crippen LogP contribution in [0.1, 0.15) is 40.5 Å². The quantitative estimate of drug-likeness (QED) is 0.445. The van der Waals surface area contributed by atoms with Crippen LogP contribution in [0.5, 0.6) is 0 Å². The van der Waals surface area contributed by atoms with Gasteiger partial charge in [-0.05, 0) is 27.7 Å². The summed E-state index contributed by atoms with van der Waals surface area (Å²) in [4.78, 5) is 46.8. The molecule has 7 nitrogen and oxygen atoms in total. The Morgan fingerprint density at radius 1 is 0.909 bits per heavy atom. The molecule has 2 rings (SSSR count). The number of aliphatic hydroxyl groups excluding tert-OH is 1. The van der Waals surface area contributed by atoms with Gasteiger partial charge in [0.05, 0.1) is 29.9 Å². The van der Waals surface area contributed by atoms with Gasteiger partial charge in [0.15, 0.2) is 11.6 Å². The van der Waals surface area contributed by atoms with E-state index in [0.29, 0.717) is 0 Å². The molecule has 0 aromatic rings. The van der Waals surface area contributed by atoms with Crippen LogP contribution in [-0.4, -0.2) is 62.1 Å². The van der Waals surface area contributed by atoms with E-state index in [0.717, 1.165) is 0 Å². The lowest BCUT2D eigenvalue weighted by Crippen LogP contribution is -2.44. The van der Waals surface area contributed by atoms with Crippen LogP contribution in [0.15, 0.2) is 0 Å². The van der Waals surface area contributed by atoms with Gasteiger partial charge in [-0.25, -0.2) is 0 Å². The fourth-order valence-corrected chi connectivity index (χ4v) is 2.73. The highest BCUT2D eigenvalue weighted by molar-refractivity contribution is 6.20. The fraction of sp³-hybridized carbons (Fsp3) is 0.714. The molecule has 0 unspecified atom stereocenters. The van der Waals surface area contributed by atoms with Gasteiger partial charge >= 0.3 is 0 Å². The van der Waals surface area contributed by atoms with Gasteiger partial charge in [0.1, 0.15) is 6.73 Å². The van der Waals surface area contributed by atoms with Crippen molar-refractivity contribution >= 4 is 35.0 Å². The molecule has 2 aliphatic heterocycles. The molecule has 0 bridgehead atoms. The molecule has 0 spiro atoms. The summed E-state index contributed by atoms with van der Waals surface area (Å²) in [6, 6.07) is 0.0948. The molecular weight excluding hydrogens is 312 g/mol. The summed E-state index contributed by atoms with van der Waals surface area (Å²) in [5.74, 6) is -0.641. The monoisotopic (exact) mass is 332 g/mol. The second-order valence-corrected chi connectivity index (χ2v) is 6.46. The Labute approximate surface area is 134 Å². The average molecular weight is 333 g/mol. The van der Waals surface area contributed by atoms with E-state index in [1.807, 2.05) is 0 Å². The van der Waals surface area contributed by atoms with Gasteiger partial charge in [-0.2, -0.15) is 0 Å². The largest absolute Gasteiger partial charge is 0.376 e. The zero-order chi connectivity index (χ0) is 17.3. The third kappa shape index (κ3) is 3.15. The van der Waals surface area contributed by atoms with E-state index in [1.54, 1.807) is 27.7 Å². The number of nitrogens with zero attached hydrogens (tertiary/aromatic N) is 2. The number of hydrogen-bond donors (Lipinski definition) is 1. The summed E-state index contributed by atoms with van der Waals surface area (Å²) >= 11 is 5.51. The summed E-state index contributed by atoms with van der Waals surface area (Å²) in [7, 11) is 0. The number of rotatable bonds is 2. The molecule has 2 saturated heterocycles. The smallest absolute Gasteiger partial charge is 0.232 e. The van der Waals surface area contributed by atoms with Crippen molar-refractivity contribution < 1.29 is 24.3 Å². The molecule has 2 aliphatic rings. The lowest BCUT2D eigenvalue weighted by molar-refractivity contribution is -0.136. The molecule has 0 saturated carbocycles. The number of carbonyl (C=O) groups excluding carboxylic acids is 4. The van der Waals surface area contributed by atoms with Crippen LogP contribution in [-0.2, 0) is 19.2 Å². The van der Waals surface area contributed by atoms with Gasteiger partial charge in [-0.15, -0.1) is 11.6 Å². The first-order valence-corrected chi connectivity index (χ1v) is 7.38. The molecule has 0 atom stereocenters. The predicted octanol–water partition coefficient (Wildman–Crippen LogP) is 0.279. The molecule has 1 N–H and O–H groups in total. The van der Waals surface area contributed by atoms with E-state index >= 15 is 0 Å². The van der Waals surface area contributed by atoms with E-state index in [2.05, 4.69) is 0 Å². The minimum absolute atomic E-state index is 0.000278. The summed E-state index contributed by atoms with van der Waals surface area (Å²) in [6.45, 7) is 6.32. The number of alkyl halides is 1. The minimum atomic E-state index is -0.814. The molecule has 0 aromatic heterocycles. The lowest BCUT2D eigenvalue weighted by Gasteiger charge is -2.27. The number of likely N-dealkylation sites (tertiary alicyclic amines) is 2. The first-order chi connectivity index (χ1) is 9.99. The Morgan fingerprint density at radius 2 is 1.27 bits per heavy atom. The molecule has 2 amide bonds. The lowest BCUT2D eigenvalue weighted by atomic mass is 10.0. The van der Waals surface area contributed by atoms with E-state index in [-0.39, 0.29) is 49.0 Å². The Kier molecular flexibility index (Phi) is 5.35. The average Bonchev–Trinajstić information content (AvgIpc) is 2.70. The van der Waals surface area contributed by atoms with Crippen molar-refractivity contribution in [2.24, 2.45) is 0 Å². The number of carbonyl (C=O) groups is 4. The molecule has 124 valence electrons. The predicted molar refractivity (Wildman–Crippen MR) is 78.9 cm³/mol. The maximum Gasteiger partial charge on any atom is 0.232 e. The Bertz CT molecular complexity index is 469. The molecule has 22 heavy (non-hydrogen) atoms. The molecular formula is C14H21ClN2O5. The van der Waals surface area contributed by atoms with Gasteiger partial charge in [0, 0.05) is 0 Å². The van der Waals surface area contributed by atoms with Crippen molar-refractivity contribution in [3.05, 3.63) is 0 Å². The van der Waals surface area contributed by atoms with Crippen LogP contribution >= 0.6 is 11.6 Å². The van der Waals surface area contributed by atoms with Crippen molar-refractivity contribution in [3.8, 4) is 0 Å². The van der Waals surface area contributed by atoms with Gasteiger partial charge < -0.3 is 14.9 Å². The normalized spacial score (nSPS) is 23.0. The minimum Gasteiger partial charge on any atom is -0.376 e. The number of ketones is 2. The Balaban J connectivity index is 0.000000220. The van der Waals surface area contributed by atoms with Crippen LogP contribution < -0.4 is 0 Å². The Hall–Kier alpha value is -1.47. The van der Waals surface area contributed by atoms with Gasteiger partial charge in [0.25, 0.3) is 0 Å². The molecule has 0 radical (unpaired) electrons. The first-order valence-electron chi connectivity index (χ1n) is 6.84. The van der Waals surface area contributed by atoms with Crippen molar-refractivity contribution in [2.75, 3.05) is 12.7 Å². The first kappa shape index (κ1) is 18.6. The van der Waals surface area contributed by atoms with Crippen LogP contribution in [0.4, 0.5) is 0 Å². The number of halogens is 1. The SMILES string of the molecule is CC1(C)C(=O)CC(=O)N1CCl.CC1(C)C(=O)CC(=O)N1CO. The molecule has 2 heterocycles. The van der Waals surface area contributed by atoms with E-state index < -0.39 is 11.1 Å². The topological polar surface area (TPSA) is 95.0 Å².